The van der Waals surface area contributed by atoms with Crippen LogP contribution >= 0.6 is 0 Å². The van der Waals surface area contributed by atoms with Gasteiger partial charge in [0.2, 0.25) is 0 Å². The van der Waals surface area contributed by atoms with E-state index in [4.69, 9.17) is 0 Å². The molecule has 0 amide bonds. The quantitative estimate of drug-likeness (QED) is 0.462. The number of rotatable bonds is 4. The van der Waals surface area contributed by atoms with Gasteiger partial charge in [-0.15, -0.1) is 0 Å². The molecule has 2 saturated heterocycles. The highest BCUT2D eigenvalue weighted by Crippen LogP contribution is 2.04. The Morgan fingerprint density at radius 1 is 0.692 bits per heavy atom. The summed E-state index contributed by atoms with van der Waals surface area (Å²) in [7, 11) is 0. The summed E-state index contributed by atoms with van der Waals surface area (Å²) in [6, 6.07) is 0. The first kappa shape index (κ1) is 9.40. The first-order valence-electron chi connectivity index (χ1n) is 5.39. The van der Waals surface area contributed by atoms with Crippen molar-refractivity contribution < 1.29 is 0 Å². The molecule has 0 saturated carbocycles. The summed E-state index contributed by atoms with van der Waals surface area (Å²) in [6.07, 6.45) is 4.93. The fourth-order valence-electron chi connectivity index (χ4n) is 2.06. The van der Waals surface area contributed by atoms with E-state index in [1.54, 1.807) is 0 Å². The summed E-state index contributed by atoms with van der Waals surface area (Å²) >= 11 is 0. The molecule has 0 aliphatic carbocycles. The number of hydrogen-bond donors (Lipinski definition) is 4. The van der Waals surface area contributed by atoms with Crippen molar-refractivity contribution in [3.63, 3.8) is 0 Å². The molecule has 0 aromatic carbocycles. The van der Waals surface area contributed by atoms with E-state index in [0.29, 0.717) is 12.3 Å². The highest BCUT2D eigenvalue weighted by molar-refractivity contribution is 4.76. The van der Waals surface area contributed by atoms with Crippen molar-refractivity contribution in [3.05, 3.63) is 0 Å². The summed E-state index contributed by atoms with van der Waals surface area (Å²) in [6.45, 7) is 4.52. The van der Waals surface area contributed by atoms with E-state index in [-0.39, 0.29) is 0 Å². The molecule has 0 bridgehead atoms. The molecule has 13 heavy (non-hydrogen) atoms. The SMILES string of the molecule is C(CC1NCCN1)CC1NCCN1. The van der Waals surface area contributed by atoms with Gasteiger partial charge in [-0.25, -0.2) is 0 Å². The summed E-state index contributed by atoms with van der Waals surface area (Å²) in [5.74, 6) is 0. The van der Waals surface area contributed by atoms with Crippen molar-refractivity contribution in [1.82, 2.24) is 21.3 Å². The molecule has 0 radical (unpaired) electrons. The molecule has 2 fully saturated rings. The predicted molar refractivity (Wildman–Crippen MR) is 53.4 cm³/mol. The molecule has 4 nitrogen and oxygen atoms in total. The molecule has 2 heterocycles. The average Bonchev–Trinajstić information content (AvgIpc) is 2.75. The van der Waals surface area contributed by atoms with Crippen molar-refractivity contribution in [3.8, 4) is 0 Å². The largest absolute Gasteiger partial charge is 0.301 e. The van der Waals surface area contributed by atoms with Gasteiger partial charge in [-0.2, -0.15) is 0 Å². The van der Waals surface area contributed by atoms with Gasteiger partial charge in [-0.1, -0.05) is 0 Å². The molecule has 0 unspecified atom stereocenters. The third kappa shape index (κ3) is 2.91. The highest BCUT2D eigenvalue weighted by Gasteiger charge is 2.15. The minimum atomic E-state index is 0.571. The van der Waals surface area contributed by atoms with E-state index in [2.05, 4.69) is 21.3 Å². The predicted octanol–water partition coefficient (Wildman–Crippen LogP) is -0.805. The van der Waals surface area contributed by atoms with Crippen LogP contribution in [0.15, 0.2) is 0 Å². The third-order valence-corrected chi connectivity index (χ3v) is 2.80. The molecule has 2 rings (SSSR count). The van der Waals surface area contributed by atoms with Gasteiger partial charge in [0.05, 0.1) is 12.3 Å². The molecule has 0 spiro atoms. The Hall–Kier alpha value is -0.160. The molecule has 76 valence electrons. The summed E-state index contributed by atoms with van der Waals surface area (Å²) < 4.78 is 0. The first-order chi connectivity index (χ1) is 6.45. The van der Waals surface area contributed by atoms with Gasteiger partial charge < -0.3 is 21.3 Å². The molecule has 0 aromatic rings. The van der Waals surface area contributed by atoms with Gasteiger partial charge in [0.15, 0.2) is 0 Å². The summed E-state index contributed by atoms with van der Waals surface area (Å²) in [5, 5.41) is 13.7. The molecule has 4 N–H and O–H groups in total. The van der Waals surface area contributed by atoms with Crippen LogP contribution in [0.3, 0.4) is 0 Å². The standard InChI is InChI=1S/C9H20N4/c1(2-8-10-4-5-11-8)3-9-12-6-7-13-9/h8-13H,1-7H2. The van der Waals surface area contributed by atoms with E-state index in [0.717, 1.165) is 26.2 Å². The van der Waals surface area contributed by atoms with Crippen LogP contribution in [-0.2, 0) is 0 Å². The van der Waals surface area contributed by atoms with Crippen LogP contribution in [0.4, 0.5) is 0 Å². The van der Waals surface area contributed by atoms with Crippen molar-refractivity contribution >= 4 is 0 Å². The van der Waals surface area contributed by atoms with Crippen molar-refractivity contribution in [2.75, 3.05) is 26.2 Å². The zero-order chi connectivity index (χ0) is 8.93. The monoisotopic (exact) mass is 184 g/mol. The van der Waals surface area contributed by atoms with Gasteiger partial charge in [-0.05, 0) is 19.3 Å². The van der Waals surface area contributed by atoms with Crippen LogP contribution < -0.4 is 21.3 Å². The molecule has 2 aliphatic heterocycles. The van der Waals surface area contributed by atoms with Crippen LogP contribution in [0.2, 0.25) is 0 Å². The highest BCUT2D eigenvalue weighted by atomic mass is 15.2. The lowest BCUT2D eigenvalue weighted by atomic mass is 10.2. The van der Waals surface area contributed by atoms with Crippen molar-refractivity contribution in [1.29, 1.82) is 0 Å². The summed E-state index contributed by atoms with van der Waals surface area (Å²) in [4.78, 5) is 0. The van der Waals surface area contributed by atoms with Gasteiger partial charge in [-0.3, -0.25) is 0 Å². The molecule has 0 aromatic heterocycles. The fraction of sp³-hybridized carbons (Fsp3) is 1.00. The zero-order valence-electron chi connectivity index (χ0n) is 8.10. The van der Waals surface area contributed by atoms with Crippen LogP contribution in [0.1, 0.15) is 19.3 Å². The third-order valence-electron chi connectivity index (χ3n) is 2.80. The maximum absolute atomic E-state index is 3.43. The molecular weight excluding hydrogens is 164 g/mol. The van der Waals surface area contributed by atoms with Gasteiger partial charge in [0.1, 0.15) is 0 Å². The lowest BCUT2D eigenvalue weighted by Crippen LogP contribution is -2.33. The van der Waals surface area contributed by atoms with Crippen LogP contribution in [0, 0.1) is 0 Å². The van der Waals surface area contributed by atoms with E-state index in [1.165, 1.54) is 19.3 Å². The van der Waals surface area contributed by atoms with Crippen molar-refractivity contribution in [2.24, 2.45) is 0 Å². The zero-order valence-corrected chi connectivity index (χ0v) is 8.10. The molecule has 4 heteroatoms. The second-order valence-electron chi connectivity index (χ2n) is 3.85. The Balaban J connectivity index is 1.52. The second kappa shape index (κ2) is 4.91. The minimum absolute atomic E-state index is 0.571. The van der Waals surface area contributed by atoms with Gasteiger partial charge in [0.25, 0.3) is 0 Å². The molecule has 0 atom stereocenters. The lowest BCUT2D eigenvalue weighted by molar-refractivity contribution is 0.435. The Kier molecular flexibility index (Phi) is 3.55. The van der Waals surface area contributed by atoms with Gasteiger partial charge >= 0.3 is 0 Å². The van der Waals surface area contributed by atoms with Crippen molar-refractivity contribution in [2.45, 2.75) is 31.6 Å². The Morgan fingerprint density at radius 3 is 1.46 bits per heavy atom. The smallest absolute Gasteiger partial charge is 0.0572 e. The van der Waals surface area contributed by atoms with E-state index >= 15 is 0 Å². The maximum Gasteiger partial charge on any atom is 0.0572 e. The Morgan fingerprint density at radius 2 is 1.08 bits per heavy atom. The number of hydrogen-bond acceptors (Lipinski definition) is 4. The van der Waals surface area contributed by atoms with E-state index in [9.17, 15) is 0 Å². The maximum atomic E-state index is 3.43. The number of nitrogens with one attached hydrogen (secondary N) is 4. The van der Waals surface area contributed by atoms with E-state index < -0.39 is 0 Å². The minimum Gasteiger partial charge on any atom is -0.301 e. The van der Waals surface area contributed by atoms with Crippen LogP contribution in [-0.4, -0.2) is 38.5 Å². The van der Waals surface area contributed by atoms with Crippen LogP contribution in [0.25, 0.3) is 0 Å². The van der Waals surface area contributed by atoms with E-state index in [1.807, 2.05) is 0 Å². The Bertz CT molecular complexity index is 123. The topological polar surface area (TPSA) is 48.1 Å². The van der Waals surface area contributed by atoms with Gasteiger partial charge in [0, 0.05) is 26.2 Å². The van der Waals surface area contributed by atoms with Crippen LogP contribution in [0.5, 0.6) is 0 Å². The molecule has 2 aliphatic rings. The molecular formula is C9H20N4. The second-order valence-corrected chi connectivity index (χ2v) is 3.85. The summed E-state index contributed by atoms with van der Waals surface area (Å²) in [5.41, 5.74) is 0. The Labute approximate surface area is 79.8 Å². The average molecular weight is 184 g/mol. The fourth-order valence-corrected chi connectivity index (χ4v) is 2.06. The first-order valence-corrected chi connectivity index (χ1v) is 5.39. The normalized spacial score (nSPS) is 25.8. The lowest BCUT2D eigenvalue weighted by Gasteiger charge is -2.13.